The minimum absolute atomic E-state index is 0.144. The number of fused-ring (bicyclic) bond motifs is 6. The summed E-state index contributed by atoms with van der Waals surface area (Å²) in [5.74, 6) is 0.809. The van der Waals surface area contributed by atoms with Crippen LogP contribution >= 0.6 is 0 Å². The summed E-state index contributed by atoms with van der Waals surface area (Å²) in [5.41, 5.74) is 10.8. The lowest BCUT2D eigenvalue weighted by Gasteiger charge is -2.22. The quantitative estimate of drug-likeness (QED) is 0.196. The second-order valence-corrected chi connectivity index (χ2v) is 14.9. The average molecular weight is 679 g/mol. The maximum Gasteiger partial charge on any atom is 0.180 e. The first-order chi connectivity index (χ1) is 25.2. The Labute approximate surface area is 302 Å². The second kappa shape index (κ2) is 11.9. The maximum absolute atomic E-state index is 12.1. The van der Waals surface area contributed by atoms with Gasteiger partial charge < -0.3 is 9.52 Å². The second-order valence-electron chi connectivity index (χ2n) is 14.9. The number of hydrogen-bond donors (Lipinski definition) is 1. The van der Waals surface area contributed by atoms with Crippen LogP contribution in [0.4, 0.5) is 0 Å². The number of phenols is 1. The summed E-state index contributed by atoms with van der Waals surface area (Å²) < 4.78 is 8.83. The van der Waals surface area contributed by atoms with Crippen LogP contribution in [0.15, 0.2) is 132 Å². The van der Waals surface area contributed by atoms with Gasteiger partial charge in [0.2, 0.25) is 0 Å². The smallest absolute Gasteiger partial charge is 0.180 e. The molecule has 4 aromatic heterocycles. The van der Waals surface area contributed by atoms with Gasteiger partial charge in [-0.15, -0.1) is 0 Å². The van der Waals surface area contributed by atoms with Crippen LogP contribution in [0.3, 0.4) is 0 Å². The molecule has 0 aliphatic heterocycles. The predicted octanol–water partition coefficient (Wildman–Crippen LogP) is 12.0. The summed E-state index contributed by atoms with van der Waals surface area (Å²) in [7, 11) is 0. The van der Waals surface area contributed by atoms with Crippen molar-refractivity contribution < 1.29 is 9.52 Å². The molecule has 9 rings (SSSR count). The number of phenolic OH excluding ortho intramolecular Hbond substituents is 1. The van der Waals surface area contributed by atoms with E-state index in [-0.39, 0.29) is 17.1 Å². The summed E-state index contributed by atoms with van der Waals surface area (Å²) in [5, 5.41) is 15.2. The molecule has 0 saturated heterocycles. The monoisotopic (exact) mass is 678 g/mol. The van der Waals surface area contributed by atoms with Crippen molar-refractivity contribution in [2.45, 2.75) is 46.0 Å². The minimum Gasteiger partial charge on any atom is -0.507 e. The number of rotatable bonds is 5. The molecule has 0 unspecified atom stereocenters. The van der Waals surface area contributed by atoms with E-state index in [2.05, 4.69) is 93.8 Å². The SMILES string of the molecule is CC(C)c1cc(-c2nc(-c3cc(C(C)(C)C)cc(-c4ccccc4)c3O)nc3c2oc2ccccc23)cc(-n2c3ccccc3c3cccnc32)c1. The zero-order chi connectivity index (χ0) is 35.7. The molecule has 0 aliphatic carbocycles. The Morgan fingerprint density at radius 1 is 0.692 bits per heavy atom. The highest BCUT2D eigenvalue weighted by Gasteiger charge is 2.25. The molecule has 4 heterocycles. The number of aromatic hydroxyl groups is 1. The van der Waals surface area contributed by atoms with Gasteiger partial charge in [0.1, 0.15) is 28.2 Å². The van der Waals surface area contributed by atoms with E-state index in [1.165, 1.54) is 0 Å². The number of para-hydroxylation sites is 2. The lowest BCUT2D eigenvalue weighted by Crippen LogP contribution is -2.11. The normalized spacial score (nSPS) is 12.2. The lowest BCUT2D eigenvalue weighted by atomic mass is 9.83. The third-order valence-corrected chi connectivity index (χ3v) is 10.1. The van der Waals surface area contributed by atoms with Gasteiger partial charge >= 0.3 is 0 Å². The summed E-state index contributed by atoms with van der Waals surface area (Å²) in [6, 6.07) is 41.3. The molecule has 0 bridgehead atoms. The van der Waals surface area contributed by atoms with Crippen molar-refractivity contribution in [1.82, 2.24) is 19.5 Å². The topological polar surface area (TPSA) is 77.0 Å². The zero-order valence-corrected chi connectivity index (χ0v) is 29.8. The van der Waals surface area contributed by atoms with Crippen molar-refractivity contribution in [1.29, 1.82) is 0 Å². The first kappa shape index (κ1) is 31.7. The van der Waals surface area contributed by atoms with E-state index in [0.29, 0.717) is 28.2 Å². The molecule has 0 aliphatic rings. The molecule has 5 aromatic carbocycles. The molecular formula is C46H38N4O2. The van der Waals surface area contributed by atoms with Gasteiger partial charge in [-0.3, -0.25) is 4.57 Å². The van der Waals surface area contributed by atoms with Crippen LogP contribution in [0.25, 0.3) is 83.5 Å². The fourth-order valence-electron chi connectivity index (χ4n) is 7.27. The molecule has 0 atom stereocenters. The van der Waals surface area contributed by atoms with E-state index < -0.39 is 0 Å². The number of furan rings is 1. The van der Waals surface area contributed by atoms with Crippen molar-refractivity contribution in [2.24, 2.45) is 0 Å². The Balaban J connectivity index is 1.36. The summed E-state index contributed by atoms with van der Waals surface area (Å²) in [6.45, 7) is 10.9. The van der Waals surface area contributed by atoms with Gasteiger partial charge in [-0.2, -0.15) is 0 Å². The molecule has 254 valence electrons. The number of benzene rings is 5. The summed E-state index contributed by atoms with van der Waals surface area (Å²) in [4.78, 5) is 15.3. The predicted molar refractivity (Wildman–Crippen MR) is 212 cm³/mol. The molecule has 0 spiro atoms. The highest BCUT2D eigenvalue weighted by atomic mass is 16.3. The van der Waals surface area contributed by atoms with Gasteiger partial charge in [0.05, 0.1) is 11.1 Å². The molecule has 6 nitrogen and oxygen atoms in total. The largest absolute Gasteiger partial charge is 0.507 e. The molecule has 0 radical (unpaired) electrons. The van der Waals surface area contributed by atoms with E-state index in [1.807, 2.05) is 72.9 Å². The van der Waals surface area contributed by atoms with Crippen LogP contribution in [0.5, 0.6) is 5.75 Å². The van der Waals surface area contributed by atoms with Gasteiger partial charge in [0, 0.05) is 39.2 Å². The van der Waals surface area contributed by atoms with Gasteiger partial charge in [-0.1, -0.05) is 95.3 Å². The van der Waals surface area contributed by atoms with Crippen molar-refractivity contribution in [3.05, 3.63) is 139 Å². The fourth-order valence-corrected chi connectivity index (χ4v) is 7.27. The van der Waals surface area contributed by atoms with Gasteiger partial charge in [-0.05, 0) is 88.7 Å². The van der Waals surface area contributed by atoms with E-state index >= 15 is 0 Å². The van der Waals surface area contributed by atoms with Gasteiger partial charge in [0.15, 0.2) is 11.4 Å². The van der Waals surface area contributed by atoms with E-state index in [4.69, 9.17) is 19.4 Å². The number of hydrogen-bond acceptors (Lipinski definition) is 5. The molecule has 1 N–H and O–H groups in total. The molecule has 9 aromatic rings. The van der Waals surface area contributed by atoms with Gasteiger partial charge in [0.25, 0.3) is 0 Å². The van der Waals surface area contributed by atoms with Crippen molar-refractivity contribution >= 4 is 44.0 Å². The highest BCUT2D eigenvalue weighted by Crippen LogP contribution is 2.44. The Kier molecular flexibility index (Phi) is 7.26. The third kappa shape index (κ3) is 5.13. The Morgan fingerprint density at radius 3 is 2.19 bits per heavy atom. The van der Waals surface area contributed by atoms with Crippen LogP contribution in [-0.4, -0.2) is 24.6 Å². The molecular weight excluding hydrogens is 641 g/mol. The number of pyridine rings is 1. The number of aromatic nitrogens is 4. The van der Waals surface area contributed by atoms with E-state index in [1.54, 1.807) is 0 Å². The van der Waals surface area contributed by atoms with Crippen molar-refractivity contribution in [3.8, 4) is 45.2 Å². The summed E-state index contributed by atoms with van der Waals surface area (Å²) in [6.07, 6.45) is 1.85. The van der Waals surface area contributed by atoms with E-state index in [0.717, 1.165) is 66.4 Å². The maximum atomic E-state index is 12.1. The first-order valence-corrected chi connectivity index (χ1v) is 17.8. The first-order valence-electron chi connectivity index (χ1n) is 17.8. The Bertz CT molecular complexity index is 2770. The zero-order valence-electron chi connectivity index (χ0n) is 29.8. The standard InChI is InChI=1S/C46H38N4O2/c1-27(2)29-22-30(24-32(23-29)50-38-19-11-9-16-33(38)34-18-13-21-47-45(34)50)40-43-41(35-17-10-12-20-39(35)52-43)49-44(48-40)37-26-31(46(3,4)5)25-36(42(37)51)28-14-7-6-8-15-28/h6-27,51H,1-5H3. The van der Waals surface area contributed by atoms with Crippen LogP contribution in [-0.2, 0) is 5.41 Å². The Morgan fingerprint density at radius 2 is 1.40 bits per heavy atom. The highest BCUT2D eigenvalue weighted by molar-refractivity contribution is 6.09. The van der Waals surface area contributed by atoms with Gasteiger partial charge in [-0.25, -0.2) is 15.0 Å². The molecule has 0 amide bonds. The lowest BCUT2D eigenvalue weighted by molar-refractivity contribution is 0.477. The molecule has 6 heteroatoms. The fraction of sp³-hybridized carbons (Fsp3) is 0.152. The van der Waals surface area contributed by atoms with Crippen molar-refractivity contribution in [2.75, 3.05) is 0 Å². The van der Waals surface area contributed by atoms with Crippen LogP contribution in [0, 0.1) is 0 Å². The third-order valence-electron chi connectivity index (χ3n) is 10.1. The van der Waals surface area contributed by atoms with Crippen LogP contribution in [0.2, 0.25) is 0 Å². The van der Waals surface area contributed by atoms with E-state index in [9.17, 15) is 5.11 Å². The minimum atomic E-state index is -0.196. The average Bonchev–Trinajstić information content (AvgIpc) is 3.70. The Hall–Kier alpha value is -6.27. The summed E-state index contributed by atoms with van der Waals surface area (Å²) >= 11 is 0. The van der Waals surface area contributed by atoms with Crippen LogP contribution in [0.1, 0.15) is 51.7 Å². The molecule has 52 heavy (non-hydrogen) atoms. The number of nitrogens with zero attached hydrogens (tertiary/aromatic N) is 4. The van der Waals surface area contributed by atoms with Crippen molar-refractivity contribution in [3.63, 3.8) is 0 Å². The van der Waals surface area contributed by atoms with Crippen LogP contribution < -0.4 is 0 Å². The molecule has 0 fully saturated rings. The molecule has 0 saturated carbocycles.